The standard InChI is InChI=1S/C16H30O3/c1-15(2,3)7-9-17-11-13-19-14-12-18-10-8-16(4,5)6/h11-14H,7-10H2,1-6H3. The molecule has 0 unspecified atom stereocenters. The predicted molar refractivity (Wildman–Crippen MR) is 79.4 cm³/mol. The van der Waals surface area contributed by atoms with Crippen molar-refractivity contribution in [2.75, 3.05) is 13.2 Å². The third-order valence-corrected chi connectivity index (χ3v) is 2.40. The van der Waals surface area contributed by atoms with Gasteiger partial charge in [-0.05, 0) is 23.7 Å². The molecule has 0 radical (unpaired) electrons. The van der Waals surface area contributed by atoms with E-state index < -0.39 is 0 Å². The molecule has 112 valence electrons. The van der Waals surface area contributed by atoms with Gasteiger partial charge in [0, 0.05) is 0 Å². The largest absolute Gasteiger partial charge is 0.498 e. The van der Waals surface area contributed by atoms with Crippen molar-refractivity contribution in [3.05, 3.63) is 25.0 Å². The van der Waals surface area contributed by atoms with Gasteiger partial charge in [-0.1, -0.05) is 41.5 Å². The Kier molecular flexibility index (Phi) is 8.37. The highest BCUT2D eigenvalue weighted by molar-refractivity contribution is 4.70. The molecule has 0 atom stereocenters. The summed E-state index contributed by atoms with van der Waals surface area (Å²) in [6.07, 6.45) is 8.17. The Hall–Kier alpha value is -1.12. The molecular formula is C16H30O3. The lowest BCUT2D eigenvalue weighted by Gasteiger charge is -2.16. The van der Waals surface area contributed by atoms with E-state index in [1.54, 1.807) is 12.5 Å². The van der Waals surface area contributed by atoms with Crippen LogP contribution >= 0.6 is 0 Å². The fourth-order valence-corrected chi connectivity index (χ4v) is 1.05. The molecule has 19 heavy (non-hydrogen) atoms. The maximum atomic E-state index is 5.30. The SMILES string of the molecule is CC(C)(C)CCOC=COC=COCCC(C)(C)C. The predicted octanol–water partition coefficient (Wildman–Crippen LogP) is 4.85. The summed E-state index contributed by atoms with van der Waals surface area (Å²) >= 11 is 0. The Balaban J connectivity index is 3.43. The molecule has 0 aliphatic heterocycles. The molecule has 0 aromatic carbocycles. The van der Waals surface area contributed by atoms with Crippen LogP contribution in [0, 0.1) is 10.8 Å². The second-order valence-corrected chi connectivity index (χ2v) is 7.04. The van der Waals surface area contributed by atoms with Crippen molar-refractivity contribution in [3.8, 4) is 0 Å². The average molecular weight is 270 g/mol. The minimum atomic E-state index is 0.301. The van der Waals surface area contributed by atoms with Crippen molar-refractivity contribution in [3.63, 3.8) is 0 Å². The Morgan fingerprint density at radius 2 is 1.00 bits per heavy atom. The van der Waals surface area contributed by atoms with Gasteiger partial charge >= 0.3 is 0 Å². The molecular weight excluding hydrogens is 240 g/mol. The summed E-state index contributed by atoms with van der Waals surface area (Å²) in [6.45, 7) is 14.5. The fourth-order valence-electron chi connectivity index (χ4n) is 1.05. The van der Waals surface area contributed by atoms with Crippen LogP contribution in [0.5, 0.6) is 0 Å². The maximum Gasteiger partial charge on any atom is 0.125 e. The van der Waals surface area contributed by atoms with Crippen LogP contribution in [0.1, 0.15) is 54.4 Å². The molecule has 0 saturated heterocycles. The second-order valence-electron chi connectivity index (χ2n) is 7.04. The first-order valence-corrected chi connectivity index (χ1v) is 6.89. The summed E-state index contributed by atoms with van der Waals surface area (Å²) < 4.78 is 15.7. The summed E-state index contributed by atoms with van der Waals surface area (Å²) in [5.74, 6) is 0. The van der Waals surface area contributed by atoms with Crippen molar-refractivity contribution in [1.29, 1.82) is 0 Å². The molecule has 0 aromatic heterocycles. The summed E-state index contributed by atoms with van der Waals surface area (Å²) in [5.41, 5.74) is 0.602. The van der Waals surface area contributed by atoms with E-state index in [2.05, 4.69) is 41.5 Å². The van der Waals surface area contributed by atoms with Gasteiger partial charge in [0.25, 0.3) is 0 Å². The Labute approximate surface area is 118 Å². The van der Waals surface area contributed by atoms with Gasteiger partial charge in [0.2, 0.25) is 0 Å². The number of hydrogen-bond acceptors (Lipinski definition) is 3. The molecule has 0 aromatic rings. The van der Waals surface area contributed by atoms with E-state index in [1.165, 1.54) is 12.5 Å². The van der Waals surface area contributed by atoms with Crippen LogP contribution in [0.4, 0.5) is 0 Å². The Morgan fingerprint density at radius 1 is 0.632 bits per heavy atom. The summed E-state index contributed by atoms with van der Waals surface area (Å²) in [5, 5.41) is 0. The van der Waals surface area contributed by atoms with Gasteiger partial charge in [-0.25, -0.2) is 0 Å². The lowest BCUT2D eigenvalue weighted by Crippen LogP contribution is -2.07. The van der Waals surface area contributed by atoms with Crippen molar-refractivity contribution in [2.45, 2.75) is 54.4 Å². The van der Waals surface area contributed by atoms with Gasteiger partial charge in [-0.15, -0.1) is 0 Å². The monoisotopic (exact) mass is 270 g/mol. The van der Waals surface area contributed by atoms with Gasteiger partial charge in [-0.2, -0.15) is 0 Å². The van der Waals surface area contributed by atoms with Crippen molar-refractivity contribution >= 4 is 0 Å². The van der Waals surface area contributed by atoms with Gasteiger partial charge in [0.05, 0.1) is 13.2 Å². The maximum absolute atomic E-state index is 5.30. The van der Waals surface area contributed by atoms with Gasteiger partial charge in [0.1, 0.15) is 25.0 Å². The summed E-state index contributed by atoms with van der Waals surface area (Å²) in [7, 11) is 0. The molecule has 0 N–H and O–H groups in total. The molecule has 3 nitrogen and oxygen atoms in total. The van der Waals surface area contributed by atoms with Crippen LogP contribution in [-0.2, 0) is 14.2 Å². The van der Waals surface area contributed by atoms with E-state index in [0.29, 0.717) is 24.0 Å². The highest BCUT2D eigenvalue weighted by Gasteiger charge is 2.09. The highest BCUT2D eigenvalue weighted by atomic mass is 16.5. The van der Waals surface area contributed by atoms with E-state index in [9.17, 15) is 0 Å². The first kappa shape index (κ1) is 17.9. The normalized spacial score (nSPS) is 13.2. The summed E-state index contributed by atoms with van der Waals surface area (Å²) in [4.78, 5) is 0. The van der Waals surface area contributed by atoms with E-state index in [-0.39, 0.29) is 0 Å². The van der Waals surface area contributed by atoms with Crippen LogP contribution in [0.25, 0.3) is 0 Å². The highest BCUT2D eigenvalue weighted by Crippen LogP contribution is 2.18. The zero-order valence-electron chi connectivity index (χ0n) is 13.4. The zero-order chi connectivity index (χ0) is 14.8. The quantitative estimate of drug-likeness (QED) is 0.466. The smallest absolute Gasteiger partial charge is 0.125 e. The topological polar surface area (TPSA) is 27.7 Å². The van der Waals surface area contributed by atoms with Crippen molar-refractivity contribution in [1.82, 2.24) is 0 Å². The molecule has 0 rings (SSSR count). The first-order chi connectivity index (χ1) is 8.71. The van der Waals surface area contributed by atoms with E-state index >= 15 is 0 Å². The minimum absolute atomic E-state index is 0.301. The molecule has 0 fully saturated rings. The van der Waals surface area contributed by atoms with Crippen LogP contribution in [0.15, 0.2) is 25.0 Å². The van der Waals surface area contributed by atoms with E-state index in [1.807, 2.05) is 0 Å². The van der Waals surface area contributed by atoms with Gasteiger partial charge in [0.15, 0.2) is 0 Å². The average Bonchev–Trinajstić information content (AvgIpc) is 2.22. The van der Waals surface area contributed by atoms with Gasteiger partial charge < -0.3 is 14.2 Å². The van der Waals surface area contributed by atoms with Crippen molar-refractivity contribution in [2.24, 2.45) is 10.8 Å². The summed E-state index contributed by atoms with van der Waals surface area (Å²) in [6, 6.07) is 0. The molecule has 3 heteroatoms. The van der Waals surface area contributed by atoms with Crippen LogP contribution in [-0.4, -0.2) is 13.2 Å². The number of ether oxygens (including phenoxy) is 3. The van der Waals surface area contributed by atoms with Crippen LogP contribution in [0.2, 0.25) is 0 Å². The molecule has 0 aliphatic carbocycles. The molecule has 0 heterocycles. The molecule has 0 aliphatic rings. The molecule has 0 bridgehead atoms. The fraction of sp³-hybridized carbons (Fsp3) is 0.750. The third kappa shape index (κ3) is 16.9. The Morgan fingerprint density at radius 3 is 1.32 bits per heavy atom. The van der Waals surface area contributed by atoms with Gasteiger partial charge in [-0.3, -0.25) is 0 Å². The molecule has 0 saturated carbocycles. The van der Waals surface area contributed by atoms with Crippen molar-refractivity contribution < 1.29 is 14.2 Å². The molecule has 0 spiro atoms. The number of hydrogen-bond donors (Lipinski definition) is 0. The molecule has 0 amide bonds. The Bertz CT molecular complexity index is 239. The van der Waals surface area contributed by atoms with E-state index in [4.69, 9.17) is 14.2 Å². The lowest BCUT2D eigenvalue weighted by atomic mass is 9.93. The number of rotatable bonds is 8. The first-order valence-electron chi connectivity index (χ1n) is 6.89. The minimum Gasteiger partial charge on any atom is -0.498 e. The lowest BCUT2D eigenvalue weighted by molar-refractivity contribution is 0.182. The van der Waals surface area contributed by atoms with Crippen LogP contribution < -0.4 is 0 Å². The third-order valence-electron chi connectivity index (χ3n) is 2.40. The van der Waals surface area contributed by atoms with E-state index in [0.717, 1.165) is 12.8 Å². The zero-order valence-corrected chi connectivity index (χ0v) is 13.4. The van der Waals surface area contributed by atoms with Crippen LogP contribution in [0.3, 0.4) is 0 Å². The second kappa shape index (κ2) is 8.89.